The molecule has 1 aliphatic heterocycles. The molecule has 0 unspecified atom stereocenters. The number of nitrogens with zero attached hydrogens (tertiary/aromatic N) is 2. The Morgan fingerprint density at radius 1 is 1.25 bits per heavy atom. The number of pyridine rings is 1. The number of hydrogen-bond acceptors (Lipinski definition) is 2. The van der Waals surface area contributed by atoms with Crippen LogP contribution in [0.25, 0.3) is 16.5 Å². The fraction of sp³-hybridized carbons (Fsp3) is 0.250. The van der Waals surface area contributed by atoms with Gasteiger partial charge in [0.05, 0.1) is 16.2 Å². The van der Waals surface area contributed by atoms with Gasteiger partial charge in [-0.25, -0.2) is 9.37 Å². The summed E-state index contributed by atoms with van der Waals surface area (Å²) in [5.41, 5.74) is 4.25. The molecule has 0 aliphatic carbocycles. The van der Waals surface area contributed by atoms with E-state index in [0.29, 0.717) is 10.5 Å². The van der Waals surface area contributed by atoms with Gasteiger partial charge in [0.2, 0.25) is 0 Å². The highest BCUT2D eigenvalue weighted by atomic mass is 35.5. The van der Waals surface area contributed by atoms with Crippen molar-refractivity contribution >= 4 is 33.8 Å². The van der Waals surface area contributed by atoms with Crippen LogP contribution in [0, 0.1) is 12.7 Å². The average Bonchev–Trinajstić information content (AvgIpc) is 2.43. The second-order valence-corrected chi connectivity index (χ2v) is 5.31. The molecular formula is C16H14ClFN2. The van der Waals surface area contributed by atoms with Crippen molar-refractivity contribution in [3.05, 3.63) is 46.4 Å². The molecule has 0 bridgehead atoms. The van der Waals surface area contributed by atoms with E-state index < -0.39 is 0 Å². The first-order valence-electron chi connectivity index (χ1n) is 6.55. The number of hydrogen-bond donors (Lipinski definition) is 0. The molecule has 2 nitrogen and oxygen atoms in total. The Hall–Kier alpha value is -1.74. The third-order valence-electron chi connectivity index (χ3n) is 3.58. The molecule has 1 aromatic carbocycles. The Balaban J connectivity index is 2.29. The van der Waals surface area contributed by atoms with Gasteiger partial charge in [-0.05, 0) is 38.0 Å². The maximum absolute atomic E-state index is 13.4. The number of dihydropyridines is 1. The SMILES string of the molecule is CC1=NCCC=C1c1nc2cc(F)ccc2c(Cl)c1C. The summed E-state index contributed by atoms with van der Waals surface area (Å²) in [6.45, 7) is 4.72. The Bertz CT molecular complexity index is 763. The molecule has 1 aliphatic rings. The van der Waals surface area contributed by atoms with Crippen molar-refractivity contribution in [2.45, 2.75) is 20.3 Å². The van der Waals surface area contributed by atoms with Crippen molar-refractivity contribution in [2.24, 2.45) is 4.99 Å². The molecule has 0 atom stereocenters. The molecule has 3 rings (SSSR count). The zero-order chi connectivity index (χ0) is 14.3. The van der Waals surface area contributed by atoms with Crippen molar-refractivity contribution in [1.82, 2.24) is 4.98 Å². The van der Waals surface area contributed by atoms with Crippen LogP contribution < -0.4 is 0 Å². The van der Waals surface area contributed by atoms with Gasteiger partial charge >= 0.3 is 0 Å². The van der Waals surface area contributed by atoms with Gasteiger partial charge in [-0.2, -0.15) is 0 Å². The number of allylic oxidation sites excluding steroid dienone is 1. The normalized spacial score (nSPS) is 15.2. The quantitative estimate of drug-likeness (QED) is 0.754. The second-order valence-electron chi connectivity index (χ2n) is 4.93. The van der Waals surface area contributed by atoms with Crippen LogP contribution in [0.15, 0.2) is 29.3 Å². The van der Waals surface area contributed by atoms with Gasteiger partial charge in [0.1, 0.15) is 5.82 Å². The Labute approximate surface area is 122 Å². The molecule has 2 heterocycles. The van der Waals surface area contributed by atoms with Gasteiger partial charge < -0.3 is 0 Å². The van der Waals surface area contributed by atoms with Crippen molar-refractivity contribution in [1.29, 1.82) is 0 Å². The molecule has 0 fully saturated rings. The Kier molecular flexibility index (Phi) is 3.30. The summed E-state index contributed by atoms with van der Waals surface area (Å²) >= 11 is 6.42. The summed E-state index contributed by atoms with van der Waals surface area (Å²) in [7, 11) is 0. The number of halogens is 2. The highest BCUT2D eigenvalue weighted by Crippen LogP contribution is 2.32. The average molecular weight is 289 g/mol. The lowest BCUT2D eigenvalue weighted by Gasteiger charge is -2.16. The van der Waals surface area contributed by atoms with Crippen LogP contribution in [0.1, 0.15) is 24.6 Å². The molecule has 0 amide bonds. The van der Waals surface area contributed by atoms with Crippen molar-refractivity contribution in [2.75, 3.05) is 6.54 Å². The fourth-order valence-electron chi connectivity index (χ4n) is 2.50. The van der Waals surface area contributed by atoms with Crippen LogP contribution in [0.3, 0.4) is 0 Å². The van der Waals surface area contributed by atoms with Crippen LogP contribution in [0.5, 0.6) is 0 Å². The number of aromatic nitrogens is 1. The van der Waals surface area contributed by atoms with Gasteiger partial charge in [-0.1, -0.05) is 17.7 Å². The summed E-state index contributed by atoms with van der Waals surface area (Å²) in [6.07, 6.45) is 3.02. The van der Waals surface area contributed by atoms with Gasteiger partial charge in [-0.3, -0.25) is 4.99 Å². The molecular weight excluding hydrogens is 275 g/mol. The minimum atomic E-state index is -0.307. The molecule has 0 spiro atoms. The van der Waals surface area contributed by atoms with E-state index in [1.54, 1.807) is 6.07 Å². The minimum Gasteiger partial charge on any atom is -0.289 e. The van der Waals surface area contributed by atoms with Gasteiger partial charge in [-0.15, -0.1) is 0 Å². The van der Waals surface area contributed by atoms with Crippen LogP contribution in [0.2, 0.25) is 5.02 Å². The van der Waals surface area contributed by atoms with Crippen LogP contribution >= 0.6 is 11.6 Å². The highest BCUT2D eigenvalue weighted by molar-refractivity contribution is 6.37. The maximum atomic E-state index is 13.4. The minimum absolute atomic E-state index is 0.307. The molecule has 0 saturated carbocycles. The van der Waals surface area contributed by atoms with E-state index in [2.05, 4.69) is 16.1 Å². The lowest BCUT2D eigenvalue weighted by Crippen LogP contribution is -2.07. The van der Waals surface area contributed by atoms with Gasteiger partial charge in [0.15, 0.2) is 0 Å². The number of aliphatic imine (C=N–C) groups is 1. The van der Waals surface area contributed by atoms with Crippen molar-refractivity contribution in [3.63, 3.8) is 0 Å². The topological polar surface area (TPSA) is 25.2 Å². The van der Waals surface area contributed by atoms with Crippen LogP contribution in [-0.2, 0) is 0 Å². The summed E-state index contributed by atoms with van der Waals surface area (Å²) < 4.78 is 13.4. The summed E-state index contributed by atoms with van der Waals surface area (Å²) in [5, 5.41) is 1.41. The standard InChI is InChI=1S/C16H14ClFN2/c1-9-15(17)13-6-5-11(18)8-14(13)20-16(9)12-4-3-7-19-10(12)2/h4-6,8H,3,7H2,1-2H3. The van der Waals surface area contributed by atoms with E-state index >= 15 is 0 Å². The van der Waals surface area contributed by atoms with E-state index in [4.69, 9.17) is 11.6 Å². The van der Waals surface area contributed by atoms with E-state index in [1.807, 2.05) is 13.8 Å². The Morgan fingerprint density at radius 2 is 2.05 bits per heavy atom. The van der Waals surface area contributed by atoms with E-state index in [1.165, 1.54) is 12.1 Å². The van der Waals surface area contributed by atoms with E-state index in [9.17, 15) is 4.39 Å². The molecule has 0 N–H and O–H groups in total. The molecule has 1 aromatic heterocycles. The number of fused-ring (bicyclic) bond motifs is 1. The fourth-order valence-corrected chi connectivity index (χ4v) is 2.75. The first kappa shape index (κ1) is 13.3. The lowest BCUT2D eigenvalue weighted by molar-refractivity contribution is 0.629. The second kappa shape index (κ2) is 4.98. The first-order valence-corrected chi connectivity index (χ1v) is 6.93. The van der Waals surface area contributed by atoms with E-state index in [-0.39, 0.29) is 5.82 Å². The van der Waals surface area contributed by atoms with Crippen molar-refractivity contribution < 1.29 is 4.39 Å². The van der Waals surface area contributed by atoms with Crippen LogP contribution in [0.4, 0.5) is 4.39 Å². The predicted octanol–water partition coefficient (Wildman–Crippen LogP) is 4.58. The van der Waals surface area contributed by atoms with E-state index in [0.717, 1.165) is 40.9 Å². The number of rotatable bonds is 1. The molecule has 102 valence electrons. The summed E-state index contributed by atoms with van der Waals surface area (Å²) in [6, 6.07) is 4.49. The van der Waals surface area contributed by atoms with Crippen molar-refractivity contribution in [3.8, 4) is 0 Å². The summed E-state index contributed by atoms with van der Waals surface area (Å²) in [4.78, 5) is 9.04. The molecule has 20 heavy (non-hydrogen) atoms. The predicted molar refractivity (Wildman–Crippen MR) is 82.0 cm³/mol. The first-order chi connectivity index (χ1) is 9.58. The monoisotopic (exact) mass is 288 g/mol. The zero-order valence-electron chi connectivity index (χ0n) is 11.4. The zero-order valence-corrected chi connectivity index (χ0v) is 12.1. The smallest absolute Gasteiger partial charge is 0.125 e. The molecule has 0 radical (unpaired) electrons. The lowest BCUT2D eigenvalue weighted by atomic mass is 9.98. The number of benzene rings is 1. The third-order valence-corrected chi connectivity index (χ3v) is 4.07. The summed E-state index contributed by atoms with van der Waals surface area (Å²) in [5.74, 6) is -0.307. The largest absolute Gasteiger partial charge is 0.289 e. The van der Waals surface area contributed by atoms with Crippen LogP contribution in [-0.4, -0.2) is 17.2 Å². The molecule has 4 heteroatoms. The highest BCUT2D eigenvalue weighted by Gasteiger charge is 2.17. The van der Waals surface area contributed by atoms with Gasteiger partial charge in [0.25, 0.3) is 0 Å². The molecule has 0 saturated heterocycles. The van der Waals surface area contributed by atoms with Gasteiger partial charge in [0, 0.05) is 29.3 Å². The third kappa shape index (κ3) is 2.12. The molecule has 2 aromatic rings. The maximum Gasteiger partial charge on any atom is 0.125 e. The Morgan fingerprint density at radius 3 is 2.80 bits per heavy atom.